The van der Waals surface area contributed by atoms with Gasteiger partial charge in [0, 0.05) is 31.4 Å². The summed E-state index contributed by atoms with van der Waals surface area (Å²) in [7, 11) is 6.35. The molecule has 0 spiro atoms. The van der Waals surface area contributed by atoms with Crippen molar-refractivity contribution in [3.8, 4) is 11.5 Å². The monoisotopic (exact) mass is 388 g/mol. The second-order valence-electron chi connectivity index (χ2n) is 5.84. The van der Waals surface area contributed by atoms with E-state index in [0.717, 1.165) is 0 Å². The van der Waals surface area contributed by atoms with Crippen LogP contribution >= 0.6 is 11.6 Å². The van der Waals surface area contributed by atoms with E-state index in [-0.39, 0.29) is 11.8 Å². The number of carbonyl (C=O) groups excluding carboxylic acids is 2. The van der Waals surface area contributed by atoms with Crippen molar-refractivity contribution in [3.63, 3.8) is 0 Å². The summed E-state index contributed by atoms with van der Waals surface area (Å²) >= 11 is 6.16. The van der Waals surface area contributed by atoms with Crippen molar-refractivity contribution in [2.45, 2.75) is 0 Å². The highest BCUT2D eigenvalue weighted by Gasteiger charge is 2.11. The van der Waals surface area contributed by atoms with Crippen molar-refractivity contribution >= 4 is 35.2 Å². The summed E-state index contributed by atoms with van der Waals surface area (Å²) in [4.78, 5) is 25.7. The molecular formula is C20H21ClN2O4. The average Bonchev–Trinajstić information content (AvgIpc) is 2.65. The fraction of sp³-hybridized carbons (Fsp3) is 0.200. The molecule has 0 heterocycles. The maximum atomic E-state index is 12.2. The third kappa shape index (κ3) is 5.24. The van der Waals surface area contributed by atoms with E-state index in [1.807, 2.05) is 0 Å². The maximum absolute atomic E-state index is 12.2. The van der Waals surface area contributed by atoms with E-state index in [4.69, 9.17) is 21.1 Å². The largest absolute Gasteiger partial charge is 0.493 e. The molecule has 0 unspecified atom stereocenters. The van der Waals surface area contributed by atoms with Crippen LogP contribution in [0.25, 0.3) is 6.08 Å². The number of nitrogens with one attached hydrogen (secondary N) is 1. The Bertz CT molecular complexity index is 878. The Morgan fingerprint density at radius 1 is 1.11 bits per heavy atom. The lowest BCUT2D eigenvalue weighted by Crippen LogP contribution is -2.21. The fourth-order valence-corrected chi connectivity index (χ4v) is 2.67. The maximum Gasteiger partial charge on any atom is 0.253 e. The number of halogens is 1. The Kier molecular flexibility index (Phi) is 6.85. The van der Waals surface area contributed by atoms with Crippen LogP contribution in [0, 0.1) is 0 Å². The van der Waals surface area contributed by atoms with Crippen LogP contribution in [0.5, 0.6) is 11.5 Å². The molecule has 0 aliphatic rings. The molecule has 1 N–H and O–H groups in total. The number of ether oxygens (including phenoxy) is 2. The van der Waals surface area contributed by atoms with Crippen LogP contribution < -0.4 is 14.8 Å². The summed E-state index contributed by atoms with van der Waals surface area (Å²) in [5.41, 5.74) is 1.71. The molecule has 2 rings (SSSR count). The zero-order valence-electron chi connectivity index (χ0n) is 15.6. The van der Waals surface area contributed by atoms with Crippen LogP contribution in [-0.4, -0.2) is 45.0 Å². The minimum absolute atomic E-state index is 0.137. The molecule has 0 saturated heterocycles. The molecule has 0 aliphatic heterocycles. The van der Waals surface area contributed by atoms with Gasteiger partial charge in [0.2, 0.25) is 5.91 Å². The number of amides is 2. The van der Waals surface area contributed by atoms with Crippen molar-refractivity contribution in [1.82, 2.24) is 4.90 Å². The van der Waals surface area contributed by atoms with Crippen LogP contribution in [0.3, 0.4) is 0 Å². The van der Waals surface area contributed by atoms with Gasteiger partial charge in [-0.3, -0.25) is 9.59 Å². The van der Waals surface area contributed by atoms with Crippen LogP contribution in [0.2, 0.25) is 5.02 Å². The first-order chi connectivity index (χ1) is 12.8. The summed E-state index contributed by atoms with van der Waals surface area (Å²) in [6, 6.07) is 10.1. The summed E-state index contributed by atoms with van der Waals surface area (Å²) in [5.74, 6) is 0.431. The molecule has 7 heteroatoms. The minimum Gasteiger partial charge on any atom is -0.493 e. The number of nitrogens with zero attached hydrogens (tertiary/aromatic N) is 1. The highest BCUT2D eigenvalue weighted by molar-refractivity contribution is 6.32. The smallest absolute Gasteiger partial charge is 0.253 e. The molecule has 0 fully saturated rings. The first-order valence-corrected chi connectivity index (χ1v) is 8.45. The third-order valence-electron chi connectivity index (χ3n) is 3.67. The molecule has 0 aromatic heterocycles. The molecule has 0 aliphatic carbocycles. The fourth-order valence-electron chi connectivity index (χ4n) is 2.38. The van der Waals surface area contributed by atoms with Crippen LogP contribution in [0.4, 0.5) is 5.69 Å². The number of hydrogen-bond acceptors (Lipinski definition) is 4. The molecule has 2 aromatic rings. The summed E-state index contributed by atoms with van der Waals surface area (Å²) < 4.78 is 10.4. The van der Waals surface area contributed by atoms with Gasteiger partial charge in [0.05, 0.1) is 19.2 Å². The zero-order valence-corrected chi connectivity index (χ0v) is 16.3. The molecule has 2 amide bonds. The Hall–Kier alpha value is -2.99. The highest BCUT2D eigenvalue weighted by atomic mass is 35.5. The minimum atomic E-state index is -0.338. The van der Waals surface area contributed by atoms with Gasteiger partial charge in [-0.25, -0.2) is 0 Å². The van der Waals surface area contributed by atoms with Crippen molar-refractivity contribution in [2.24, 2.45) is 0 Å². The van der Waals surface area contributed by atoms with Crippen LogP contribution in [-0.2, 0) is 4.79 Å². The molecule has 2 aromatic carbocycles. The molecule has 0 radical (unpaired) electrons. The first-order valence-electron chi connectivity index (χ1n) is 8.08. The van der Waals surface area contributed by atoms with Gasteiger partial charge in [-0.2, -0.15) is 0 Å². The highest BCUT2D eigenvalue weighted by Crippen LogP contribution is 2.36. The molecule has 0 saturated carbocycles. The summed E-state index contributed by atoms with van der Waals surface area (Å²) in [5, 5.41) is 3.11. The second kappa shape index (κ2) is 9.09. The van der Waals surface area contributed by atoms with Gasteiger partial charge in [-0.1, -0.05) is 17.7 Å². The third-order valence-corrected chi connectivity index (χ3v) is 3.95. The molecule has 27 heavy (non-hydrogen) atoms. The van der Waals surface area contributed by atoms with E-state index in [1.54, 1.807) is 56.6 Å². The molecule has 0 bridgehead atoms. The number of rotatable bonds is 6. The number of hydrogen-bond donors (Lipinski definition) is 1. The van der Waals surface area contributed by atoms with Gasteiger partial charge in [0.1, 0.15) is 0 Å². The van der Waals surface area contributed by atoms with E-state index in [2.05, 4.69) is 5.32 Å². The van der Waals surface area contributed by atoms with Crippen molar-refractivity contribution < 1.29 is 19.1 Å². The van der Waals surface area contributed by atoms with Gasteiger partial charge in [-0.15, -0.1) is 0 Å². The van der Waals surface area contributed by atoms with Crippen molar-refractivity contribution in [2.75, 3.05) is 33.6 Å². The predicted octanol–water partition coefficient (Wildman–Crippen LogP) is 3.71. The number of benzene rings is 2. The van der Waals surface area contributed by atoms with Crippen molar-refractivity contribution in [3.05, 3.63) is 58.6 Å². The van der Waals surface area contributed by atoms with Gasteiger partial charge in [-0.05, 0) is 42.0 Å². The molecule has 142 valence electrons. The predicted molar refractivity (Wildman–Crippen MR) is 107 cm³/mol. The number of anilines is 1. The van der Waals surface area contributed by atoms with Crippen LogP contribution in [0.15, 0.2) is 42.5 Å². The normalized spacial score (nSPS) is 10.6. The first kappa shape index (κ1) is 20.3. The quantitative estimate of drug-likeness (QED) is 0.766. The number of carbonyl (C=O) groups is 2. The van der Waals surface area contributed by atoms with Gasteiger partial charge < -0.3 is 19.7 Å². The Morgan fingerprint density at radius 3 is 2.48 bits per heavy atom. The molecule has 0 atom stereocenters. The van der Waals surface area contributed by atoms with E-state index in [0.29, 0.717) is 33.3 Å². The lowest BCUT2D eigenvalue weighted by atomic mass is 10.1. The molecule has 6 nitrogen and oxygen atoms in total. The lowest BCUT2D eigenvalue weighted by Gasteiger charge is -2.11. The van der Waals surface area contributed by atoms with Crippen molar-refractivity contribution in [1.29, 1.82) is 0 Å². The van der Waals surface area contributed by atoms with Gasteiger partial charge >= 0.3 is 0 Å². The molecular weight excluding hydrogens is 368 g/mol. The number of methoxy groups -OCH3 is 2. The SMILES string of the molecule is COc1cc(/C=C/C(=O)Nc2cccc(C(=O)N(C)C)c2)cc(Cl)c1OC. The second-order valence-corrected chi connectivity index (χ2v) is 6.25. The average molecular weight is 389 g/mol. The lowest BCUT2D eigenvalue weighted by molar-refractivity contribution is -0.111. The van der Waals surface area contributed by atoms with E-state index < -0.39 is 0 Å². The Morgan fingerprint density at radius 2 is 1.85 bits per heavy atom. The summed E-state index contributed by atoms with van der Waals surface area (Å²) in [6.07, 6.45) is 2.98. The Labute approximate surface area is 163 Å². The van der Waals surface area contributed by atoms with E-state index >= 15 is 0 Å². The zero-order chi connectivity index (χ0) is 20.0. The standard InChI is InChI=1S/C20H21ClN2O4/c1-23(2)20(25)14-6-5-7-15(12-14)22-18(24)9-8-13-10-16(21)19(27-4)17(11-13)26-3/h5-12H,1-4H3,(H,22,24)/b9-8+. The topological polar surface area (TPSA) is 67.9 Å². The van der Waals surface area contributed by atoms with E-state index in [9.17, 15) is 9.59 Å². The summed E-state index contributed by atoms with van der Waals surface area (Å²) in [6.45, 7) is 0. The van der Waals surface area contributed by atoms with E-state index in [1.165, 1.54) is 25.2 Å². The van der Waals surface area contributed by atoms with Gasteiger partial charge in [0.25, 0.3) is 5.91 Å². The Balaban J connectivity index is 2.13. The van der Waals surface area contributed by atoms with Gasteiger partial charge in [0.15, 0.2) is 11.5 Å². The van der Waals surface area contributed by atoms with Crippen LogP contribution in [0.1, 0.15) is 15.9 Å².